The number of nitrogens with zero attached hydrogens (tertiary/aromatic N) is 2. The van der Waals surface area contributed by atoms with Gasteiger partial charge in [-0.25, -0.2) is 5.84 Å². The fourth-order valence-corrected chi connectivity index (χ4v) is 3.50. The van der Waals surface area contributed by atoms with Gasteiger partial charge in [-0.05, 0) is 23.6 Å². The molecule has 0 aliphatic rings. The molecule has 0 aliphatic carbocycles. The maximum Gasteiger partial charge on any atom is 0.168 e. The molecule has 27 heavy (non-hydrogen) atoms. The molecule has 5 N–H and O–H groups in total. The molecule has 0 fully saturated rings. The van der Waals surface area contributed by atoms with Crippen LogP contribution < -0.4 is 11.7 Å². The topological polar surface area (TPSA) is 87.9 Å². The number of benzene rings is 3. The van der Waals surface area contributed by atoms with Crippen molar-refractivity contribution in [2.24, 2.45) is 16.8 Å². The minimum Gasteiger partial charge on any atom is -0.385 e. The normalized spacial score (nSPS) is 13.2. The Bertz CT molecular complexity index is 783. The van der Waals surface area contributed by atoms with Gasteiger partial charge in [-0.2, -0.15) is 5.10 Å². The number of hydrogen-bond acceptors (Lipinski definition) is 4. The minimum atomic E-state index is -0.935. The number of hydrazine groups is 1. The summed E-state index contributed by atoms with van der Waals surface area (Å²) >= 11 is 0. The Balaban J connectivity index is 2.40. The second-order valence-electron chi connectivity index (χ2n) is 6.34. The monoisotopic (exact) mass is 360 g/mol. The molecule has 1 unspecified atom stereocenters. The van der Waals surface area contributed by atoms with Gasteiger partial charge in [0.1, 0.15) is 11.6 Å². The van der Waals surface area contributed by atoms with Crippen molar-refractivity contribution in [3.05, 3.63) is 108 Å². The van der Waals surface area contributed by atoms with E-state index < -0.39 is 11.6 Å². The second-order valence-corrected chi connectivity index (χ2v) is 6.34. The van der Waals surface area contributed by atoms with E-state index >= 15 is 0 Å². The summed E-state index contributed by atoms with van der Waals surface area (Å²) in [6.07, 6.45) is -0.935. The van der Waals surface area contributed by atoms with Gasteiger partial charge in [0.05, 0.1) is 0 Å². The van der Waals surface area contributed by atoms with Gasteiger partial charge in [0.15, 0.2) is 5.84 Å². The lowest BCUT2D eigenvalue weighted by Crippen LogP contribution is -2.58. The first-order valence-corrected chi connectivity index (χ1v) is 8.79. The van der Waals surface area contributed by atoms with Gasteiger partial charge in [0.25, 0.3) is 0 Å². The molecule has 0 radical (unpaired) electrons. The van der Waals surface area contributed by atoms with E-state index in [2.05, 4.69) is 5.10 Å². The molecule has 5 heteroatoms. The fourth-order valence-electron chi connectivity index (χ4n) is 3.50. The van der Waals surface area contributed by atoms with Crippen LogP contribution in [0.3, 0.4) is 0 Å². The molecule has 3 rings (SSSR count). The predicted molar refractivity (Wildman–Crippen MR) is 109 cm³/mol. The van der Waals surface area contributed by atoms with Crippen LogP contribution >= 0.6 is 0 Å². The Morgan fingerprint density at radius 1 is 0.815 bits per heavy atom. The zero-order chi connectivity index (χ0) is 19.3. The zero-order valence-corrected chi connectivity index (χ0v) is 15.2. The van der Waals surface area contributed by atoms with Crippen molar-refractivity contribution in [1.82, 2.24) is 5.01 Å². The SMILES string of the molecule is CC(O)/C(=N/N)N(N)C(c1ccccc1)(c1ccccc1)c1ccccc1. The maximum atomic E-state index is 10.3. The van der Waals surface area contributed by atoms with Gasteiger partial charge in [0, 0.05) is 0 Å². The van der Waals surface area contributed by atoms with Crippen LogP contribution in [0.4, 0.5) is 0 Å². The van der Waals surface area contributed by atoms with E-state index in [1.165, 1.54) is 5.01 Å². The molecule has 3 aromatic rings. The highest BCUT2D eigenvalue weighted by atomic mass is 16.3. The number of aliphatic hydroxyl groups excluding tert-OH is 1. The Morgan fingerprint density at radius 2 is 1.15 bits per heavy atom. The average molecular weight is 360 g/mol. The van der Waals surface area contributed by atoms with Gasteiger partial charge >= 0.3 is 0 Å². The Hall–Kier alpha value is -3.15. The van der Waals surface area contributed by atoms with Crippen LogP contribution in [0.25, 0.3) is 0 Å². The molecule has 0 saturated heterocycles. The molecule has 0 heterocycles. The van der Waals surface area contributed by atoms with Crippen molar-refractivity contribution in [1.29, 1.82) is 0 Å². The smallest absolute Gasteiger partial charge is 0.168 e. The molecule has 0 aliphatic heterocycles. The Morgan fingerprint density at radius 3 is 1.41 bits per heavy atom. The third-order valence-electron chi connectivity index (χ3n) is 4.69. The standard InChI is InChI=1S/C22H24N4O/c1-17(27)21(25-23)26(24)22(18-11-5-2-6-12-18,19-13-7-3-8-14-19)20-15-9-4-10-16-20/h2-17,27H,23-24H2,1H3/b25-21-. The van der Waals surface area contributed by atoms with E-state index in [1.807, 2.05) is 91.0 Å². The average Bonchev–Trinajstić information content (AvgIpc) is 2.71. The molecule has 0 aromatic heterocycles. The van der Waals surface area contributed by atoms with E-state index in [9.17, 15) is 5.11 Å². The summed E-state index contributed by atoms with van der Waals surface area (Å²) in [7, 11) is 0. The van der Waals surface area contributed by atoms with Gasteiger partial charge in [0.2, 0.25) is 0 Å². The number of rotatable bonds is 5. The second kappa shape index (κ2) is 8.03. The van der Waals surface area contributed by atoms with E-state index in [1.54, 1.807) is 6.92 Å². The first-order valence-electron chi connectivity index (χ1n) is 8.79. The number of nitrogens with two attached hydrogens (primary N) is 2. The molecule has 3 aromatic carbocycles. The lowest BCUT2D eigenvalue weighted by molar-refractivity contribution is 0.200. The van der Waals surface area contributed by atoms with Crippen molar-refractivity contribution in [2.45, 2.75) is 18.6 Å². The summed E-state index contributed by atoms with van der Waals surface area (Å²) in [4.78, 5) is 0. The summed E-state index contributed by atoms with van der Waals surface area (Å²) in [6.45, 7) is 1.59. The van der Waals surface area contributed by atoms with Crippen LogP contribution in [0, 0.1) is 0 Å². The van der Waals surface area contributed by atoms with E-state index in [0.717, 1.165) is 16.7 Å². The summed E-state index contributed by atoms with van der Waals surface area (Å²) in [5.41, 5.74) is 1.89. The Kier molecular flexibility index (Phi) is 5.54. The van der Waals surface area contributed by atoms with E-state index in [0.29, 0.717) is 0 Å². The van der Waals surface area contributed by atoms with Gasteiger partial charge in [-0.15, -0.1) is 0 Å². The fraction of sp³-hybridized carbons (Fsp3) is 0.136. The molecule has 0 bridgehead atoms. The van der Waals surface area contributed by atoms with Crippen LogP contribution in [-0.2, 0) is 5.54 Å². The summed E-state index contributed by atoms with van der Waals surface area (Å²) < 4.78 is 0. The van der Waals surface area contributed by atoms with Crippen molar-refractivity contribution in [3.8, 4) is 0 Å². The first kappa shape index (κ1) is 18.6. The minimum absolute atomic E-state index is 0.187. The number of hydrazone groups is 1. The lowest BCUT2D eigenvalue weighted by atomic mass is 9.76. The molecule has 0 saturated carbocycles. The van der Waals surface area contributed by atoms with Crippen molar-refractivity contribution < 1.29 is 5.11 Å². The largest absolute Gasteiger partial charge is 0.385 e. The molecule has 0 spiro atoms. The number of aliphatic hydroxyl groups is 1. The van der Waals surface area contributed by atoms with Crippen molar-refractivity contribution in [2.75, 3.05) is 0 Å². The van der Waals surface area contributed by atoms with Crippen molar-refractivity contribution >= 4 is 5.84 Å². The summed E-state index contributed by atoms with van der Waals surface area (Å²) in [5.74, 6) is 12.5. The quantitative estimate of drug-likeness (QED) is 0.215. The third-order valence-corrected chi connectivity index (χ3v) is 4.69. The van der Waals surface area contributed by atoms with Crippen molar-refractivity contribution in [3.63, 3.8) is 0 Å². The zero-order valence-electron chi connectivity index (χ0n) is 15.2. The molecule has 5 nitrogen and oxygen atoms in total. The van der Waals surface area contributed by atoms with E-state index in [-0.39, 0.29) is 5.84 Å². The lowest BCUT2D eigenvalue weighted by Gasteiger charge is -2.44. The molecule has 1 atom stereocenters. The predicted octanol–water partition coefficient (Wildman–Crippen LogP) is 2.81. The molecular weight excluding hydrogens is 336 g/mol. The van der Waals surface area contributed by atoms with Crippen LogP contribution in [0.1, 0.15) is 23.6 Å². The highest BCUT2D eigenvalue weighted by Gasteiger charge is 2.43. The first-order chi connectivity index (χ1) is 13.1. The van der Waals surface area contributed by atoms with Gasteiger partial charge in [-0.3, -0.25) is 5.01 Å². The van der Waals surface area contributed by atoms with Gasteiger partial charge < -0.3 is 10.9 Å². The Labute approximate surface area is 159 Å². The summed E-state index contributed by atoms with van der Waals surface area (Å²) in [6, 6.07) is 29.7. The maximum absolute atomic E-state index is 10.3. The van der Waals surface area contributed by atoms with Crippen LogP contribution in [0.2, 0.25) is 0 Å². The highest BCUT2D eigenvalue weighted by Crippen LogP contribution is 2.41. The third kappa shape index (κ3) is 3.30. The summed E-state index contributed by atoms with van der Waals surface area (Å²) in [5, 5.41) is 15.5. The molecule has 138 valence electrons. The number of amidine groups is 1. The van der Waals surface area contributed by atoms with Crippen LogP contribution in [-0.4, -0.2) is 22.1 Å². The van der Waals surface area contributed by atoms with E-state index in [4.69, 9.17) is 11.7 Å². The van der Waals surface area contributed by atoms with Crippen LogP contribution in [0.15, 0.2) is 96.1 Å². The van der Waals surface area contributed by atoms with Gasteiger partial charge in [-0.1, -0.05) is 91.0 Å². The number of hydrogen-bond donors (Lipinski definition) is 3. The highest BCUT2D eigenvalue weighted by molar-refractivity contribution is 5.87. The molecule has 0 amide bonds. The molecular formula is C22H24N4O. The van der Waals surface area contributed by atoms with Crippen LogP contribution in [0.5, 0.6) is 0 Å².